The van der Waals surface area contributed by atoms with Crippen LogP contribution in [0.2, 0.25) is 0 Å². The van der Waals surface area contributed by atoms with Gasteiger partial charge in [0.05, 0.1) is 11.7 Å². The lowest BCUT2D eigenvalue weighted by Crippen LogP contribution is -2.36. The lowest BCUT2D eigenvalue weighted by Gasteiger charge is -2.25. The standard InChI is InChI=1S/C21H25N9O13P2/c22-14-9-16(25-4-24-14)30(5-26-9)18-11(32)12(33)20(42-18)39-6-45(37,38)43-13-10(31)8(3-40-44(35)36)41-19(13)29-2-1-7-15(29)27-21(23)28-17(7)34/h1-2,4-5,8,10-13,18-20,31-33H,3,6H2,(H6-,22,23,24,25,27,28,34,35,36,37,38)/p+1/t8-,10+,11+,12-,13+,18-,19-,20+/m1/s1. The highest BCUT2D eigenvalue weighted by Crippen LogP contribution is 2.49. The topological polar surface area (TPSA) is 328 Å². The minimum absolute atomic E-state index is 0.0255. The number of anilines is 2. The van der Waals surface area contributed by atoms with E-state index in [1.165, 1.54) is 27.7 Å². The van der Waals surface area contributed by atoms with E-state index >= 15 is 0 Å². The van der Waals surface area contributed by atoms with E-state index in [4.69, 9.17) is 35.1 Å². The Hall–Kier alpha value is -3.50. The third-order valence-electron chi connectivity index (χ3n) is 7.08. The molecule has 0 radical (unpaired) electrons. The molecule has 4 aromatic heterocycles. The SMILES string of the molecule is Nc1nc2c(ccn2[C@@H]2O[C@H](CO[P+](=O)O)[C@H](O)[C@@H]2OP(=O)(O)CO[C@H]2O[C@@H](n3cnc4c(N)ncnc43)[C@@H](O)[C@H]2O)c(=O)[nH]1. The van der Waals surface area contributed by atoms with E-state index in [2.05, 4.69) is 29.4 Å². The molecule has 0 bridgehead atoms. The Bertz CT molecular complexity index is 1850. The maximum Gasteiger partial charge on any atom is 0.694 e. The average Bonchev–Trinajstić information content (AvgIpc) is 3.73. The molecule has 6 heterocycles. The number of rotatable bonds is 10. The van der Waals surface area contributed by atoms with E-state index in [1.54, 1.807) is 0 Å². The normalized spacial score (nSPS) is 30.3. The molecule has 0 amide bonds. The molecule has 22 nitrogen and oxygen atoms in total. The zero-order chi connectivity index (χ0) is 32.2. The van der Waals surface area contributed by atoms with Crippen LogP contribution in [0.25, 0.3) is 22.2 Å². The molecule has 2 fully saturated rings. The van der Waals surface area contributed by atoms with Crippen LogP contribution >= 0.6 is 15.9 Å². The van der Waals surface area contributed by atoms with Crippen molar-refractivity contribution in [2.45, 2.75) is 49.3 Å². The number of aromatic nitrogens is 7. The fourth-order valence-corrected chi connectivity index (χ4v) is 6.32. The molecule has 10 atom stereocenters. The van der Waals surface area contributed by atoms with Gasteiger partial charge in [-0.25, -0.2) is 15.0 Å². The molecule has 6 rings (SSSR count). The molecule has 0 spiro atoms. The lowest BCUT2D eigenvalue weighted by atomic mass is 10.1. The minimum Gasteiger partial charge on any atom is -0.387 e. The number of fused-ring (bicyclic) bond motifs is 2. The predicted molar refractivity (Wildman–Crippen MR) is 147 cm³/mol. The summed E-state index contributed by atoms with van der Waals surface area (Å²) in [6, 6.07) is 1.36. The summed E-state index contributed by atoms with van der Waals surface area (Å²) in [6.07, 6.45) is -9.76. The number of nitrogens with zero attached hydrogens (tertiary/aromatic N) is 6. The van der Waals surface area contributed by atoms with Crippen molar-refractivity contribution in [3.05, 3.63) is 35.3 Å². The van der Waals surface area contributed by atoms with Crippen LogP contribution in [0.1, 0.15) is 12.5 Å². The first kappa shape index (κ1) is 31.5. The van der Waals surface area contributed by atoms with Crippen molar-refractivity contribution in [1.29, 1.82) is 0 Å². The summed E-state index contributed by atoms with van der Waals surface area (Å²) >= 11 is 0. The van der Waals surface area contributed by atoms with Crippen molar-refractivity contribution in [3.63, 3.8) is 0 Å². The van der Waals surface area contributed by atoms with Gasteiger partial charge in [0.25, 0.3) is 5.56 Å². The molecular weight excluding hydrogens is 648 g/mol. The number of aromatic amines is 1. The van der Waals surface area contributed by atoms with Crippen LogP contribution in [0, 0.1) is 0 Å². The number of hydrogen-bond donors (Lipinski definition) is 8. The van der Waals surface area contributed by atoms with Gasteiger partial charge in [0.1, 0.15) is 49.0 Å². The number of imidazole rings is 1. The number of aliphatic hydroxyl groups is 3. The van der Waals surface area contributed by atoms with Crippen molar-refractivity contribution < 1.29 is 57.5 Å². The van der Waals surface area contributed by atoms with Crippen LogP contribution in [0.4, 0.5) is 11.8 Å². The third kappa shape index (κ3) is 5.94. The molecule has 24 heteroatoms. The molecule has 2 aliphatic heterocycles. The van der Waals surface area contributed by atoms with Crippen LogP contribution in [0.3, 0.4) is 0 Å². The number of aliphatic hydroxyl groups excluding tert-OH is 3. The molecule has 2 unspecified atom stereocenters. The number of ether oxygens (including phenoxy) is 3. The van der Waals surface area contributed by atoms with Gasteiger partial charge in [-0.3, -0.25) is 23.4 Å². The van der Waals surface area contributed by atoms with Crippen LogP contribution in [0.5, 0.6) is 0 Å². The van der Waals surface area contributed by atoms with Crippen molar-refractivity contribution in [2.75, 3.05) is 24.4 Å². The molecule has 242 valence electrons. The third-order valence-corrected chi connectivity index (χ3v) is 8.50. The van der Waals surface area contributed by atoms with Crippen molar-refractivity contribution in [1.82, 2.24) is 34.1 Å². The molecule has 10 N–H and O–H groups in total. The van der Waals surface area contributed by atoms with Gasteiger partial charge in [-0.15, -0.1) is 9.42 Å². The van der Waals surface area contributed by atoms with Crippen molar-refractivity contribution >= 4 is 49.8 Å². The van der Waals surface area contributed by atoms with Gasteiger partial charge >= 0.3 is 15.9 Å². The summed E-state index contributed by atoms with van der Waals surface area (Å²) in [6.45, 7) is -0.619. The second-order valence-corrected chi connectivity index (χ2v) is 12.4. The average molecular weight is 674 g/mol. The monoisotopic (exact) mass is 674 g/mol. The lowest BCUT2D eigenvalue weighted by molar-refractivity contribution is -0.168. The van der Waals surface area contributed by atoms with Crippen molar-refractivity contribution in [2.24, 2.45) is 0 Å². The summed E-state index contributed by atoms with van der Waals surface area (Å²) in [4.78, 5) is 50.4. The summed E-state index contributed by atoms with van der Waals surface area (Å²) in [5, 5.41) is 32.2. The maximum atomic E-state index is 13.2. The van der Waals surface area contributed by atoms with Gasteiger partial charge in [-0.2, -0.15) is 4.98 Å². The molecule has 4 aromatic rings. The maximum absolute atomic E-state index is 13.2. The van der Waals surface area contributed by atoms with Gasteiger partial charge < -0.3 is 50.5 Å². The molecule has 0 aromatic carbocycles. The minimum atomic E-state index is -4.85. The second-order valence-electron chi connectivity index (χ2n) is 9.96. The highest BCUT2D eigenvalue weighted by Gasteiger charge is 2.51. The van der Waals surface area contributed by atoms with Gasteiger partial charge in [0.15, 0.2) is 42.2 Å². The van der Waals surface area contributed by atoms with E-state index in [0.717, 1.165) is 6.33 Å². The number of nitrogens with two attached hydrogens (primary N) is 2. The van der Waals surface area contributed by atoms with E-state index in [0.29, 0.717) is 0 Å². The van der Waals surface area contributed by atoms with Crippen LogP contribution in [0.15, 0.2) is 29.7 Å². The van der Waals surface area contributed by atoms with Gasteiger partial charge in [-0.05, 0) is 6.07 Å². The van der Waals surface area contributed by atoms with Crippen LogP contribution < -0.4 is 17.0 Å². The Morgan fingerprint density at radius 1 is 1.07 bits per heavy atom. The Labute approximate surface area is 250 Å². The first-order valence-electron chi connectivity index (χ1n) is 12.9. The Balaban J connectivity index is 1.20. The molecular formula is C21H26N9O13P2+. The first-order chi connectivity index (χ1) is 21.3. The Morgan fingerprint density at radius 3 is 2.60 bits per heavy atom. The largest absolute Gasteiger partial charge is 0.694 e. The smallest absolute Gasteiger partial charge is 0.387 e. The fourth-order valence-electron chi connectivity index (χ4n) is 5.04. The van der Waals surface area contributed by atoms with Crippen LogP contribution in [-0.4, -0.2) is 109 Å². The predicted octanol–water partition coefficient (Wildman–Crippen LogP) is -2.23. The highest BCUT2D eigenvalue weighted by molar-refractivity contribution is 7.52. The van der Waals surface area contributed by atoms with Gasteiger partial charge in [0, 0.05) is 10.8 Å². The zero-order valence-corrected chi connectivity index (χ0v) is 24.4. The number of nitrogens with one attached hydrogen (secondary N) is 1. The van der Waals surface area contributed by atoms with E-state index in [-0.39, 0.29) is 34.0 Å². The zero-order valence-electron chi connectivity index (χ0n) is 22.6. The van der Waals surface area contributed by atoms with E-state index < -0.39 is 83.6 Å². The number of H-pyrrole nitrogens is 1. The molecule has 0 saturated carbocycles. The van der Waals surface area contributed by atoms with E-state index in [1.807, 2.05) is 0 Å². The molecule has 2 aliphatic rings. The van der Waals surface area contributed by atoms with Gasteiger partial charge in [0.2, 0.25) is 5.95 Å². The first-order valence-corrected chi connectivity index (χ1v) is 15.8. The number of nitrogen functional groups attached to an aromatic ring is 2. The highest BCUT2D eigenvalue weighted by atomic mass is 31.2. The molecule has 2 saturated heterocycles. The summed E-state index contributed by atoms with van der Waals surface area (Å²) in [5.74, 6) is -0.190. The number of hydrogen-bond acceptors (Lipinski definition) is 17. The fraction of sp³-hybridized carbons (Fsp3) is 0.476. The van der Waals surface area contributed by atoms with Gasteiger partial charge in [-0.1, -0.05) is 0 Å². The van der Waals surface area contributed by atoms with E-state index in [9.17, 15) is 34.1 Å². The second kappa shape index (κ2) is 12.0. The molecule has 0 aliphatic carbocycles. The van der Waals surface area contributed by atoms with Crippen molar-refractivity contribution in [3.8, 4) is 0 Å². The Morgan fingerprint density at radius 2 is 1.84 bits per heavy atom. The summed E-state index contributed by atoms with van der Waals surface area (Å²) < 4.78 is 53.5. The molecule has 45 heavy (non-hydrogen) atoms. The quantitative estimate of drug-likeness (QED) is 0.0825. The summed E-state index contributed by atoms with van der Waals surface area (Å²) in [7, 11) is -7.94. The Kier molecular flexibility index (Phi) is 8.41. The van der Waals surface area contributed by atoms with Crippen LogP contribution in [-0.2, 0) is 32.4 Å². The summed E-state index contributed by atoms with van der Waals surface area (Å²) in [5.41, 5.74) is 11.2.